The number of hydrogen-bond acceptors (Lipinski definition) is 5. The van der Waals surface area contributed by atoms with Gasteiger partial charge in [0.2, 0.25) is 0 Å². The number of piperidine rings is 1. The number of rotatable bonds is 5. The zero-order valence-corrected chi connectivity index (χ0v) is 14.2. The number of nitrogens with two attached hydrogens (primary N) is 1. The molecule has 1 saturated heterocycles. The van der Waals surface area contributed by atoms with E-state index in [0.29, 0.717) is 36.3 Å². The molecule has 2 heterocycles. The van der Waals surface area contributed by atoms with Crippen molar-refractivity contribution in [2.24, 2.45) is 5.73 Å². The summed E-state index contributed by atoms with van der Waals surface area (Å²) < 4.78 is 14.1. The number of nitriles is 1. The predicted molar refractivity (Wildman–Crippen MR) is 96.5 cm³/mol. The average Bonchev–Trinajstić information content (AvgIpc) is 2.64. The lowest BCUT2D eigenvalue weighted by Gasteiger charge is -2.29. The van der Waals surface area contributed by atoms with E-state index in [-0.39, 0.29) is 18.2 Å². The second kappa shape index (κ2) is 7.93. The van der Waals surface area contributed by atoms with Crippen molar-refractivity contribution in [3.05, 3.63) is 58.9 Å². The molecule has 0 radical (unpaired) electrons. The molecule has 1 amide bonds. The van der Waals surface area contributed by atoms with E-state index >= 15 is 0 Å². The fourth-order valence-electron chi connectivity index (χ4n) is 3.05. The monoisotopic (exact) mass is 353 g/mol. The highest BCUT2D eigenvalue weighted by Gasteiger charge is 2.25. The first kappa shape index (κ1) is 17.8. The van der Waals surface area contributed by atoms with E-state index in [2.05, 4.69) is 21.7 Å². The SMILES string of the molecule is N#Cc1cccc(Cc2cc(N[C@@H]3CCNC[C@@H]3F)c(C(N)=O)cn2)c1. The fourth-order valence-corrected chi connectivity index (χ4v) is 3.05. The molecule has 1 aliphatic rings. The van der Waals surface area contributed by atoms with Gasteiger partial charge in [0.15, 0.2) is 0 Å². The van der Waals surface area contributed by atoms with Crippen LogP contribution < -0.4 is 16.4 Å². The zero-order valence-electron chi connectivity index (χ0n) is 14.2. The molecule has 4 N–H and O–H groups in total. The van der Waals surface area contributed by atoms with E-state index in [1.165, 1.54) is 6.20 Å². The van der Waals surface area contributed by atoms with E-state index in [0.717, 1.165) is 5.56 Å². The van der Waals surface area contributed by atoms with Crippen molar-refractivity contribution in [1.29, 1.82) is 5.26 Å². The maximum absolute atomic E-state index is 14.1. The third-order valence-corrected chi connectivity index (χ3v) is 4.42. The van der Waals surface area contributed by atoms with Gasteiger partial charge >= 0.3 is 0 Å². The molecule has 1 aliphatic heterocycles. The first-order chi connectivity index (χ1) is 12.6. The molecule has 0 spiro atoms. The van der Waals surface area contributed by atoms with Crippen LogP contribution in [0.3, 0.4) is 0 Å². The van der Waals surface area contributed by atoms with Crippen molar-refractivity contribution in [1.82, 2.24) is 10.3 Å². The van der Waals surface area contributed by atoms with Gasteiger partial charge in [-0.3, -0.25) is 9.78 Å². The summed E-state index contributed by atoms with van der Waals surface area (Å²) in [5.74, 6) is -0.609. The Morgan fingerprint density at radius 2 is 2.31 bits per heavy atom. The van der Waals surface area contributed by atoms with Crippen LogP contribution in [-0.2, 0) is 6.42 Å². The topological polar surface area (TPSA) is 104 Å². The van der Waals surface area contributed by atoms with Crippen molar-refractivity contribution in [2.45, 2.75) is 25.1 Å². The van der Waals surface area contributed by atoms with Crippen LogP contribution in [0.1, 0.15) is 33.6 Å². The summed E-state index contributed by atoms with van der Waals surface area (Å²) in [6, 6.07) is 10.7. The van der Waals surface area contributed by atoms with Crippen LogP contribution >= 0.6 is 0 Å². The van der Waals surface area contributed by atoms with Crippen LogP contribution in [0.2, 0.25) is 0 Å². The lowest BCUT2D eigenvalue weighted by molar-refractivity contribution is 0.100. The van der Waals surface area contributed by atoms with E-state index in [9.17, 15) is 9.18 Å². The van der Waals surface area contributed by atoms with Crippen molar-refractivity contribution in [2.75, 3.05) is 18.4 Å². The third-order valence-electron chi connectivity index (χ3n) is 4.42. The summed E-state index contributed by atoms with van der Waals surface area (Å²) >= 11 is 0. The smallest absolute Gasteiger partial charge is 0.252 e. The van der Waals surface area contributed by atoms with Crippen LogP contribution in [0.25, 0.3) is 0 Å². The molecule has 2 atom stereocenters. The molecule has 1 fully saturated rings. The van der Waals surface area contributed by atoms with Gasteiger partial charge in [-0.15, -0.1) is 0 Å². The van der Waals surface area contributed by atoms with Crippen LogP contribution in [-0.4, -0.2) is 36.2 Å². The first-order valence-electron chi connectivity index (χ1n) is 8.46. The number of alkyl halides is 1. The van der Waals surface area contributed by atoms with E-state index in [4.69, 9.17) is 11.0 Å². The molecule has 1 aromatic carbocycles. The molecule has 2 aromatic rings. The van der Waals surface area contributed by atoms with Gasteiger partial charge in [-0.05, 0) is 36.7 Å². The number of carbonyl (C=O) groups is 1. The number of nitrogens with zero attached hydrogens (tertiary/aromatic N) is 2. The normalized spacial score (nSPS) is 19.5. The number of nitrogens with one attached hydrogen (secondary N) is 2. The van der Waals surface area contributed by atoms with Crippen LogP contribution in [0.15, 0.2) is 36.5 Å². The number of hydrogen-bond donors (Lipinski definition) is 3. The largest absolute Gasteiger partial charge is 0.379 e. The minimum absolute atomic E-state index is 0.241. The standard InChI is InChI=1S/C19H20FN5O/c20-16-11-23-5-4-17(16)25-18-8-14(24-10-15(18)19(22)26)7-12-2-1-3-13(6-12)9-21/h1-3,6,8,10,16-17,23H,4-5,7,11H2,(H2,22,26)(H,24,25)/t16-,17+/m0/s1. The summed E-state index contributed by atoms with van der Waals surface area (Å²) in [6.07, 6.45) is 1.48. The van der Waals surface area contributed by atoms with Crippen molar-refractivity contribution in [3.8, 4) is 6.07 Å². The molecule has 7 heteroatoms. The quantitative estimate of drug-likeness (QED) is 0.760. The fraction of sp³-hybridized carbons (Fsp3) is 0.316. The van der Waals surface area contributed by atoms with Gasteiger partial charge in [-0.1, -0.05) is 12.1 Å². The summed E-state index contributed by atoms with van der Waals surface area (Å²) in [7, 11) is 0. The lowest BCUT2D eigenvalue weighted by atomic mass is 10.0. The molecule has 3 rings (SSSR count). The van der Waals surface area contributed by atoms with Gasteiger partial charge in [0.05, 0.1) is 28.9 Å². The number of aromatic nitrogens is 1. The number of halogens is 1. The predicted octanol–water partition coefficient (Wildman–Crippen LogP) is 1.75. The van der Waals surface area contributed by atoms with Crippen molar-refractivity contribution >= 4 is 11.6 Å². The number of amides is 1. The minimum atomic E-state index is -1.05. The second-order valence-corrected chi connectivity index (χ2v) is 6.33. The van der Waals surface area contributed by atoms with Crippen LogP contribution in [0.5, 0.6) is 0 Å². The Hall–Kier alpha value is -2.98. The van der Waals surface area contributed by atoms with Crippen molar-refractivity contribution in [3.63, 3.8) is 0 Å². The van der Waals surface area contributed by atoms with Gasteiger partial charge in [-0.25, -0.2) is 4.39 Å². The van der Waals surface area contributed by atoms with Gasteiger partial charge in [0.1, 0.15) is 6.17 Å². The van der Waals surface area contributed by atoms with Crippen LogP contribution in [0.4, 0.5) is 10.1 Å². The molecule has 0 unspecified atom stereocenters. The molecular weight excluding hydrogens is 333 g/mol. The Morgan fingerprint density at radius 1 is 1.46 bits per heavy atom. The molecule has 134 valence electrons. The Morgan fingerprint density at radius 3 is 3.04 bits per heavy atom. The number of benzene rings is 1. The Labute approximate surface area is 151 Å². The maximum atomic E-state index is 14.1. The Kier molecular flexibility index (Phi) is 5.44. The summed E-state index contributed by atoms with van der Waals surface area (Å²) in [4.78, 5) is 16.0. The van der Waals surface area contributed by atoms with Gasteiger partial charge in [0, 0.05) is 24.9 Å². The Balaban J connectivity index is 1.85. The highest BCUT2D eigenvalue weighted by Crippen LogP contribution is 2.22. The summed E-state index contributed by atoms with van der Waals surface area (Å²) in [6.45, 7) is 0.991. The molecule has 1 aromatic heterocycles. The molecule has 0 saturated carbocycles. The molecule has 6 nitrogen and oxygen atoms in total. The molecule has 26 heavy (non-hydrogen) atoms. The molecule has 0 bridgehead atoms. The lowest BCUT2D eigenvalue weighted by Crippen LogP contribution is -2.45. The third kappa shape index (κ3) is 4.16. The summed E-state index contributed by atoms with van der Waals surface area (Å²) in [5.41, 5.74) is 8.38. The van der Waals surface area contributed by atoms with Gasteiger partial charge < -0.3 is 16.4 Å². The van der Waals surface area contributed by atoms with E-state index in [1.54, 1.807) is 18.2 Å². The average molecular weight is 353 g/mol. The van der Waals surface area contributed by atoms with Gasteiger partial charge in [-0.2, -0.15) is 5.26 Å². The maximum Gasteiger partial charge on any atom is 0.252 e. The van der Waals surface area contributed by atoms with E-state index < -0.39 is 12.1 Å². The Bertz CT molecular complexity index is 848. The highest BCUT2D eigenvalue weighted by atomic mass is 19.1. The summed E-state index contributed by atoms with van der Waals surface area (Å²) in [5, 5.41) is 15.1. The van der Waals surface area contributed by atoms with Crippen molar-refractivity contribution < 1.29 is 9.18 Å². The molecular formula is C19H20FN5O. The molecule has 0 aliphatic carbocycles. The number of primary amides is 1. The zero-order chi connectivity index (χ0) is 18.5. The van der Waals surface area contributed by atoms with Crippen LogP contribution in [0, 0.1) is 11.3 Å². The van der Waals surface area contributed by atoms with Gasteiger partial charge in [0.25, 0.3) is 5.91 Å². The van der Waals surface area contributed by atoms with E-state index in [1.807, 2.05) is 12.1 Å². The highest BCUT2D eigenvalue weighted by molar-refractivity contribution is 5.98. The second-order valence-electron chi connectivity index (χ2n) is 6.33. The first-order valence-corrected chi connectivity index (χ1v) is 8.46. The number of pyridine rings is 1. The minimum Gasteiger partial charge on any atom is -0.379 e. The number of carbonyl (C=O) groups excluding carboxylic acids is 1. The number of anilines is 1.